The second-order valence-electron chi connectivity index (χ2n) is 15.2. The number of H-pyrrole nitrogens is 1. The number of nitrogens with zero attached hydrogens (tertiary/aromatic N) is 4. The number of benzene rings is 2. The van der Waals surface area contributed by atoms with Crippen molar-refractivity contribution in [2.24, 2.45) is 17.8 Å². The van der Waals surface area contributed by atoms with E-state index in [0.717, 1.165) is 90.9 Å². The molecule has 4 aliphatic heterocycles. The third-order valence-electron chi connectivity index (χ3n) is 12.3. The van der Waals surface area contributed by atoms with Crippen molar-refractivity contribution in [3.63, 3.8) is 0 Å². The number of carbonyl (C=O) groups is 3. The van der Waals surface area contributed by atoms with Crippen LogP contribution in [-0.4, -0.2) is 94.1 Å². The number of rotatable bonds is 7. The predicted octanol–water partition coefficient (Wildman–Crippen LogP) is 5.69. The number of urea groups is 1. The standard InChI is InChI=1S/C39H53N7O3/c1-25-20-31(22-32-24-41-43-37(25)32)27(3)34(38(48)45-18-11-30(21-26(45)2)28-8-14-40-15-9-28)23-36(47)44-16-12-33(13-17-44)46-19-10-29-6-4-5-7-35(29)42-39(46)49/h4-7,20,22,24,26-28,30,33-34,40H,8-19,21,23H2,1-3H3,(H,41,43)(H,42,49)/t26-,27?,30?,34?/m1/s1. The molecular weight excluding hydrogens is 614 g/mol. The second kappa shape index (κ2) is 14.5. The monoisotopic (exact) mass is 667 g/mol. The van der Waals surface area contributed by atoms with Gasteiger partial charge >= 0.3 is 6.03 Å². The summed E-state index contributed by atoms with van der Waals surface area (Å²) in [5.41, 5.74) is 5.21. The van der Waals surface area contributed by atoms with Crippen LogP contribution in [0.4, 0.5) is 10.5 Å². The van der Waals surface area contributed by atoms with Crippen LogP contribution >= 0.6 is 0 Å². The number of fused-ring (bicyclic) bond motifs is 2. The van der Waals surface area contributed by atoms with Gasteiger partial charge in [0.15, 0.2) is 0 Å². The molecule has 0 aliphatic carbocycles. The molecule has 0 bridgehead atoms. The fourth-order valence-corrected chi connectivity index (χ4v) is 9.21. The highest BCUT2D eigenvalue weighted by atomic mass is 16.2. The van der Waals surface area contributed by atoms with Crippen molar-refractivity contribution in [1.82, 2.24) is 30.2 Å². The molecule has 262 valence electrons. The highest BCUT2D eigenvalue weighted by Crippen LogP contribution is 2.38. The number of nitrogens with one attached hydrogen (secondary N) is 3. The number of piperidine rings is 3. The Labute approximate surface area is 290 Å². The van der Waals surface area contributed by atoms with Gasteiger partial charge in [-0.2, -0.15) is 5.10 Å². The summed E-state index contributed by atoms with van der Waals surface area (Å²) in [7, 11) is 0. The smallest absolute Gasteiger partial charge is 0.322 e. The fourth-order valence-electron chi connectivity index (χ4n) is 9.21. The van der Waals surface area contributed by atoms with E-state index < -0.39 is 5.92 Å². The number of anilines is 1. The van der Waals surface area contributed by atoms with Crippen molar-refractivity contribution in [3.05, 3.63) is 59.3 Å². The average Bonchev–Trinajstić information content (AvgIpc) is 3.54. The molecule has 1 aromatic heterocycles. The molecule has 4 aliphatic rings. The molecule has 3 saturated heterocycles. The first-order valence-electron chi connectivity index (χ1n) is 18.6. The Morgan fingerprint density at radius 1 is 0.980 bits per heavy atom. The minimum absolute atomic E-state index is 0.0368. The summed E-state index contributed by atoms with van der Waals surface area (Å²) in [5.74, 6) is 0.949. The van der Waals surface area contributed by atoms with Crippen LogP contribution in [0.5, 0.6) is 0 Å². The summed E-state index contributed by atoms with van der Waals surface area (Å²) < 4.78 is 0. The maximum Gasteiger partial charge on any atom is 0.322 e. The topological polar surface area (TPSA) is 114 Å². The number of aryl methyl sites for hydroxylation is 1. The van der Waals surface area contributed by atoms with Crippen LogP contribution < -0.4 is 10.6 Å². The van der Waals surface area contributed by atoms with Gasteiger partial charge < -0.3 is 25.3 Å². The van der Waals surface area contributed by atoms with E-state index in [9.17, 15) is 14.4 Å². The Morgan fingerprint density at radius 2 is 1.76 bits per heavy atom. The Bertz CT molecular complexity index is 1660. The third kappa shape index (κ3) is 7.07. The molecule has 0 spiro atoms. The molecule has 3 aromatic rings. The quantitative estimate of drug-likeness (QED) is 0.300. The van der Waals surface area contributed by atoms with Crippen LogP contribution in [0, 0.1) is 24.7 Å². The van der Waals surface area contributed by atoms with E-state index in [1.54, 1.807) is 0 Å². The molecule has 4 amide bonds. The molecule has 4 atom stereocenters. The number of likely N-dealkylation sites (tertiary alicyclic amines) is 2. The van der Waals surface area contributed by atoms with Crippen LogP contribution in [0.1, 0.15) is 81.4 Å². The molecule has 5 heterocycles. The number of hydrogen-bond acceptors (Lipinski definition) is 5. The molecule has 0 saturated carbocycles. The predicted molar refractivity (Wildman–Crippen MR) is 192 cm³/mol. The fraction of sp³-hybridized carbons (Fsp3) is 0.590. The molecule has 3 unspecified atom stereocenters. The van der Waals surface area contributed by atoms with E-state index >= 15 is 0 Å². The maximum atomic E-state index is 14.6. The van der Waals surface area contributed by atoms with Crippen LogP contribution in [0.15, 0.2) is 42.6 Å². The number of aromatic nitrogens is 2. The van der Waals surface area contributed by atoms with Gasteiger partial charge in [-0.15, -0.1) is 0 Å². The van der Waals surface area contributed by atoms with Gasteiger partial charge in [-0.1, -0.05) is 31.2 Å². The van der Waals surface area contributed by atoms with Crippen LogP contribution in [-0.2, 0) is 16.0 Å². The maximum absolute atomic E-state index is 14.6. The summed E-state index contributed by atoms with van der Waals surface area (Å²) in [5, 5.41) is 15.0. The minimum Gasteiger partial charge on any atom is -0.343 e. The lowest BCUT2D eigenvalue weighted by Gasteiger charge is -2.44. The first-order chi connectivity index (χ1) is 23.8. The van der Waals surface area contributed by atoms with E-state index in [1.807, 2.05) is 34.2 Å². The lowest BCUT2D eigenvalue weighted by Crippen LogP contribution is -2.52. The van der Waals surface area contributed by atoms with Crippen molar-refractivity contribution in [2.45, 2.75) is 90.1 Å². The van der Waals surface area contributed by atoms with Crippen molar-refractivity contribution in [2.75, 3.05) is 44.6 Å². The SMILES string of the molecule is Cc1cc(C(C)C(CC(=O)N2CCC(N3CCc4ccccc4NC3=O)CC2)C(=O)N2CCC(C3CCNCC3)C[C@H]2C)cc2cn[nH]c12. The number of carbonyl (C=O) groups excluding carboxylic acids is 3. The van der Waals surface area contributed by atoms with Gasteiger partial charge in [0.1, 0.15) is 0 Å². The van der Waals surface area contributed by atoms with Gasteiger partial charge in [-0.3, -0.25) is 14.7 Å². The molecule has 10 nitrogen and oxygen atoms in total. The molecule has 10 heteroatoms. The van der Waals surface area contributed by atoms with Gasteiger partial charge in [-0.05, 0) is 118 Å². The number of hydrogen-bond donors (Lipinski definition) is 3. The summed E-state index contributed by atoms with van der Waals surface area (Å²) >= 11 is 0. The highest BCUT2D eigenvalue weighted by molar-refractivity contribution is 5.91. The summed E-state index contributed by atoms with van der Waals surface area (Å²) in [4.78, 5) is 47.9. The number of para-hydroxylation sites is 1. The lowest BCUT2D eigenvalue weighted by molar-refractivity contribution is -0.145. The van der Waals surface area contributed by atoms with Crippen molar-refractivity contribution < 1.29 is 14.4 Å². The van der Waals surface area contributed by atoms with Gasteiger partial charge in [0.25, 0.3) is 0 Å². The van der Waals surface area contributed by atoms with Crippen molar-refractivity contribution in [1.29, 1.82) is 0 Å². The first-order valence-corrected chi connectivity index (χ1v) is 18.6. The highest BCUT2D eigenvalue weighted by Gasteiger charge is 2.40. The Hall–Kier alpha value is -3.92. The molecular formula is C39H53N7O3. The molecule has 3 fully saturated rings. The van der Waals surface area contributed by atoms with E-state index in [4.69, 9.17) is 0 Å². The largest absolute Gasteiger partial charge is 0.343 e. The lowest BCUT2D eigenvalue weighted by atomic mass is 9.76. The average molecular weight is 668 g/mol. The van der Waals surface area contributed by atoms with Crippen LogP contribution in [0.3, 0.4) is 0 Å². The van der Waals surface area contributed by atoms with E-state index in [2.05, 4.69) is 64.7 Å². The molecule has 2 aromatic carbocycles. The normalized spacial score (nSPS) is 23.9. The summed E-state index contributed by atoms with van der Waals surface area (Å²) in [6.07, 6.45) is 8.84. The zero-order valence-electron chi connectivity index (χ0n) is 29.4. The van der Waals surface area contributed by atoms with E-state index in [0.29, 0.717) is 25.6 Å². The zero-order valence-corrected chi connectivity index (χ0v) is 29.4. The number of amides is 4. The number of aromatic amines is 1. The third-order valence-corrected chi connectivity index (χ3v) is 12.3. The Morgan fingerprint density at radius 3 is 2.53 bits per heavy atom. The van der Waals surface area contributed by atoms with Gasteiger partial charge in [0, 0.05) is 55.8 Å². The molecule has 0 radical (unpaired) electrons. The van der Waals surface area contributed by atoms with Gasteiger partial charge in [0.2, 0.25) is 11.8 Å². The van der Waals surface area contributed by atoms with Crippen LogP contribution in [0.2, 0.25) is 0 Å². The van der Waals surface area contributed by atoms with Crippen LogP contribution in [0.25, 0.3) is 10.9 Å². The van der Waals surface area contributed by atoms with Crippen molar-refractivity contribution >= 4 is 34.4 Å². The molecule has 49 heavy (non-hydrogen) atoms. The zero-order chi connectivity index (χ0) is 34.1. The molecule has 3 N–H and O–H groups in total. The summed E-state index contributed by atoms with van der Waals surface area (Å²) in [6, 6.07) is 12.5. The van der Waals surface area contributed by atoms with E-state index in [-0.39, 0.29) is 42.3 Å². The first kappa shape index (κ1) is 33.6. The van der Waals surface area contributed by atoms with Crippen molar-refractivity contribution in [3.8, 4) is 0 Å². The van der Waals surface area contributed by atoms with E-state index in [1.165, 1.54) is 12.8 Å². The summed E-state index contributed by atoms with van der Waals surface area (Å²) in [6.45, 7) is 11.2. The van der Waals surface area contributed by atoms with Gasteiger partial charge in [-0.25, -0.2) is 4.79 Å². The Balaban J connectivity index is 1.04. The minimum atomic E-state index is -0.457. The molecule has 7 rings (SSSR count). The second-order valence-corrected chi connectivity index (χ2v) is 15.2. The van der Waals surface area contributed by atoms with Gasteiger partial charge in [0.05, 0.1) is 17.6 Å². The Kier molecular flexibility index (Phi) is 9.94.